The number of carbonyl (C=O) groups is 1. The second kappa shape index (κ2) is 7.16. The van der Waals surface area contributed by atoms with E-state index < -0.39 is 0 Å². The summed E-state index contributed by atoms with van der Waals surface area (Å²) in [7, 11) is 4.00. The summed E-state index contributed by atoms with van der Waals surface area (Å²) in [6, 6.07) is 4.57. The van der Waals surface area contributed by atoms with Gasteiger partial charge >= 0.3 is 0 Å². The molecule has 0 saturated carbocycles. The highest BCUT2D eigenvalue weighted by molar-refractivity contribution is 7.10. The van der Waals surface area contributed by atoms with Crippen molar-refractivity contribution in [3.05, 3.63) is 28.5 Å². The molecule has 3 rings (SSSR count). The first-order valence-electron chi connectivity index (χ1n) is 8.37. The van der Waals surface area contributed by atoms with E-state index in [1.165, 1.54) is 12.8 Å². The van der Waals surface area contributed by atoms with Crippen molar-refractivity contribution in [2.75, 3.05) is 33.9 Å². The van der Waals surface area contributed by atoms with Gasteiger partial charge in [0.15, 0.2) is 0 Å². The van der Waals surface area contributed by atoms with Gasteiger partial charge < -0.3 is 9.64 Å². The maximum absolute atomic E-state index is 12.4. The van der Waals surface area contributed by atoms with Crippen molar-refractivity contribution in [2.45, 2.75) is 37.3 Å². The Labute approximate surface area is 142 Å². The standard InChI is InChI=1S/C18H26N2O2S/c1-19-15(14-22-2)7-8-18(19)9-11-20(12-10-18)17(21)6-5-16-4-3-13-23-16/h3-6,13,15H,7-12,14H2,1-2H3/b6-5+/t15-/m1/s1. The van der Waals surface area contributed by atoms with Crippen LogP contribution >= 0.6 is 11.3 Å². The van der Waals surface area contributed by atoms with Crippen LogP contribution in [0, 0.1) is 0 Å². The van der Waals surface area contributed by atoms with Gasteiger partial charge in [0.05, 0.1) is 6.61 Å². The van der Waals surface area contributed by atoms with Gasteiger partial charge in [-0.1, -0.05) is 6.07 Å². The summed E-state index contributed by atoms with van der Waals surface area (Å²) in [5.74, 6) is 0.141. The van der Waals surface area contributed by atoms with Gasteiger partial charge in [-0.3, -0.25) is 9.69 Å². The lowest BCUT2D eigenvalue weighted by atomic mass is 9.85. The van der Waals surface area contributed by atoms with Crippen LogP contribution in [0.1, 0.15) is 30.6 Å². The van der Waals surface area contributed by atoms with E-state index in [0.29, 0.717) is 6.04 Å². The molecule has 0 bridgehead atoms. The van der Waals surface area contributed by atoms with E-state index in [1.807, 2.05) is 28.5 Å². The molecule has 5 heteroatoms. The quantitative estimate of drug-likeness (QED) is 0.794. The average Bonchev–Trinajstić information content (AvgIpc) is 3.18. The maximum Gasteiger partial charge on any atom is 0.246 e. The van der Waals surface area contributed by atoms with Crippen LogP contribution in [0.15, 0.2) is 23.6 Å². The molecule has 0 unspecified atom stereocenters. The van der Waals surface area contributed by atoms with Crippen molar-refractivity contribution >= 4 is 23.3 Å². The number of likely N-dealkylation sites (N-methyl/N-ethyl adjacent to an activating group) is 1. The fraction of sp³-hybridized carbons (Fsp3) is 0.611. The van der Waals surface area contributed by atoms with Gasteiger partial charge in [-0.2, -0.15) is 0 Å². The minimum Gasteiger partial charge on any atom is -0.383 e. The molecule has 2 fully saturated rings. The number of likely N-dealkylation sites (tertiary alicyclic amines) is 2. The number of carbonyl (C=O) groups excluding carboxylic acids is 1. The first kappa shape index (κ1) is 16.7. The lowest BCUT2D eigenvalue weighted by molar-refractivity contribution is -0.128. The molecule has 0 aliphatic carbocycles. The second-order valence-corrected chi connectivity index (χ2v) is 7.64. The Morgan fingerprint density at radius 2 is 2.22 bits per heavy atom. The molecule has 2 aliphatic heterocycles. The molecule has 1 spiro atoms. The average molecular weight is 334 g/mol. The molecule has 3 heterocycles. The number of rotatable bonds is 4. The van der Waals surface area contributed by atoms with E-state index in [2.05, 4.69) is 11.9 Å². The zero-order valence-corrected chi connectivity index (χ0v) is 14.8. The molecule has 126 valence electrons. The summed E-state index contributed by atoms with van der Waals surface area (Å²) in [5.41, 5.74) is 0.275. The molecule has 2 saturated heterocycles. The predicted molar refractivity (Wildman–Crippen MR) is 94.6 cm³/mol. The Balaban J connectivity index is 1.55. The van der Waals surface area contributed by atoms with Crippen LogP contribution in [0.25, 0.3) is 6.08 Å². The predicted octanol–water partition coefficient (Wildman–Crippen LogP) is 2.86. The van der Waals surface area contributed by atoms with E-state index in [4.69, 9.17) is 4.74 Å². The Bertz CT molecular complexity index is 547. The number of amides is 1. The van der Waals surface area contributed by atoms with Crippen molar-refractivity contribution in [3.8, 4) is 0 Å². The van der Waals surface area contributed by atoms with E-state index in [0.717, 1.165) is 37.4 Å². The number of thiophene rings is 1. The summed E-state index contributed by atoms with van der Waals surface area (Å²) >= 11 is 1.66. The van der Waals surface area contributed by atoms with Crippen molar-refractivity contribution in [1.29, 1.82) is 0 Å². The fourth-order valence-corrected chi connectivity index (χ4v) is 4.59. The molecule has 2 aliphatic rings. The lowest BCUT2D eigenvalue weighted by Crippen LogP contribution is -2.53. The van der Waals surface area contributed by atoms with Crippen LogP contribution in [0.3, 0.4) is 0 Å². The summed E-state index contributed by atoms with van der Waals surface area (Å²) in [6.07, 6.45) is 8.22. The van der Waals surface area contributed by atoms with E-state index in [-0.39, 0.29) is 11.4 Å². The number of ether oxygens (including phenoxy) is 1. The van der Waals surface area contributed by atoms with Crippen LogP contribution in [-0.2, 0) is 9.53 Å². The zero-order valence-electron chi connectivity index (χ0n) is 14.0. The summed E-state index contributed by atoms with van der Waals surface area (Å²) in [5, 5.41) is 2.03. The largest absolute Gasteiger partial charge is 0.383 e. The number of hydrogen-bond donors (Lipinski definition) is 0. The van der Waals surface area contributed by atoms with Crippen LogP contribution < -0.4 is 0 Å². The molecule has 4 nitrogen and oxygen atoms in total. The smallest absolute Gasteiger partial charge is 0.246 e. The third kappa shape index (κ3) is 3.52. The first-order valence-corrected chi connectivity index (χ1v) is 9.25. The Hall–Kier alpha value is -1.17. The third-order valence-electron chi connectivity index (χ3n) is 5.54. The highest BCUT2D eigenvalue weighted by atomic mass is 32.1. The third-order valence-corrected chi connectivity index (χ3v) is 6.37. The van der Waals surface area contributed by atoms with Crippen LogP contribution in [0.4, 0.5) is 0 Å². The minimum atomic E-state index is 0.141. The van der Waals surface area contributed by atoms with Crippen molar-refractivity contribution < 1.29 is 9.53 Å². The Morgan fingerprint density at radius 3 is 2.87 bits per heavy atom. The van der Waals surface area contributed by atoms with Crippen molar-refractivity contribution in [1.82, 2.24) is 9.80 Å². The van der Waals surface area contributed by atoms with Crippen molar-refractivity contribution in [2.24, 2.45) is 0 Å². The maximum atomic E-state index is 12.4. The fourth-order valence-electron chi connectivity index (χ4n) is 3.97. The molecule has 23 heavy (non-hydrogen) atoms. The topological polar surface area (TPSA) is 32.8 Å². The van der Waals surface area contributed by atoms with Crippen LogP contribution in [-0.4, -0.2) is 61.1 Å². The molecule has 0 N–H and O–H groups in total. The van der Waals surface area contributed by atoms with Gasteiger partial charge in [-0.15, -0.1) is 11.3 Å². The van der Waals surface area contributed by atoms with E-state index in [1.54, 1.807) is 24.5 Å². The normalized spacial score (nSPS) is 24.8. The molecular formula is C18H26N2O2S. The first-order chi connectivity index (χ1) is 11.1. The molecular weight excluding hydrogens is 308 g/mol. The van der Waals surface area contributed by atoms with Gasteiger partial charge in [0.2, 0.25) is 5.91 Å². The van der Waals surface area contributed by atoms with Crippen molar-refractivity contribution in [3.63, 3.8) is 0 Å². The molecule has 1 aromatic heterocycles. The van der Waals surface area contributed by atoms with Gasteiger partial charge in [0.25, 0.3) is 0 Å². The monoisotopic (exact) mass is 334 g/mol. The molecule has 1 aromatic rings. The highest BCUT2D eigenvalue weighted by Crippen LogP contribution is 2.40. The summed E-state index contributed by atoms with van der Waals surface area (Å²) in [6.45, 7) is 2.53. The van der Waals surface area contributed by atoms with Gasteiger partial charge in [-0.05, 0) is 50.3 Å². The zero-order chi connectivity index (χ0) is 16.3. The number of methoxy groups -OCH3 is 1. The highest BCUT2D eigenvalue weighted by Gasteiger charge is 2.45. The van der Waals surface area contributed by atoms with Gasteiger partial charge in [-0.25, -0.2) is 0 Å². The van der Waals surface area contributed by atoms with E-state index in [9.17, 15) is 4.79 Å². The molecule has 0 radical (unpaired) electrons. The molecule has 1 amide bonds. The van der Waals surface area contributed by atoms with E-state index >= 15 is 0 Å². The number of piperidine rings is 1. The number of hydrogen-bond acceptors (Lipinski definition) is 4. The van der Waals surface area contributed by atoms with Gasteiger partial charge in [0.1, 0.15) is 0 Å². The molecule has 0 aromatic carbocycles. The van der Waals surface area contributed by atoms with Crippen LogP contribution in [0.2, 0.25) is 0 Å². The Morgan fingerprint density at radius 1 is 1.43 bits per heavy atom. The molecule has 1 atom stereocenters. The Kier molecular flexibility index (Phi) is 5.19. The SMILES string of the molecule is COC[C@H]1CCC2(CCN(C(=O)/C=C/c3cccs3)CC2)N1C. The number of nitrogens with zero attached hydrogens (tertiary/aromatic N) is 2. The summed E-state index contributed by atoms with van der Waals surface area (Å²) in [4.78, 5) is 18.0. The minimum absolute atomic E-state index is 0.141. The second-order valence-electron chi connectivity index (χ2n) is 6.66. The summed E-state index contributed by atoms with van der Waals surface area (Å²) < 4.78 is 5.34. The van der Waals surface area contributed by atoms with Gasteiger partial charge in [0, 0.05) is 42.7 Å². The van der Waals surface area contributed by atoms with Crippen LogP contribution in [0.5, 0.6) is 0 Å². The lowest BCUT2D eigenvalue weighted by Gasteiger charge is -2.44.